The van der Waals surface area contributed by atoms with E-state index in [2.05, 4.69) is 24.2 Å². The van der Waals surface area contributed by atoms with Crippen LogP contribution in [0, 0.1) is 11.3 Å². The summed E-state index contributed by atoms with van der Waals surface area (Å²) in [6.07, 6.45) is 7.25. The highest BCUT2D eigenvalue weighted by Gasteiger charge is 2.46. The van der Waals surface area contributed by atoms with E-state index in [-0.39, 0.29) is 11.3 Å². The fraction of sp³-hybridized carbons (Fsp3) is 0.933. The highest BCUT2D eigenvalue weighted by molar-refractivity contribution is 5.83. The lowest BCUT2D eigenvalue weighted by atomic mass is 9.62. The number of nitrogens with one attached hydrogen (secondary N) is 1. The summed E-state index contributed by atoms with van der Waals surface area (Å²) in [5.74, 6) is 0.823. The van der Waals surface area contributed by atoms with E-state index in [0.29, 0.717) is 12.5 Å². The van der Waals surface area contributed by atoms with E-state index in [1.165, 1.54) is 25.7 Å². The van der Waals surface area contributed by atoms with Crippen molar-refractivity contribution in [1.29, 1.82) is 0 Å². The van der Waals surface area contributed by atoms with Gasteiger partial charge in [0.25, 0.3) is 0 Å². The average Bonchev–Trinajstić information content (AvgIpc) is 2.88. The van der Waals surface area contributed by atoms with Gasteiger partial charge in [-0.2, -0.15) is 0 Å². The first-order chi connectivity index (χ1) is 9.07. The lowest BCUT2D eigenvalue weighted by Gasteiger charge is -2.44. The van der Waals surface area contributed by atoms with Gasteiger partial charge in [0.15, 0.2) is 0 Å². The van der Waals surface area contributed by atoms with Crippen molar-refractivity contribution >= 4 is 5.91 Å². The minimum absolute atomic E-state index is 0.174. The number of amides is 1. The maximum absolute atomic E-state index is 12.2. The number of nitrogens with zero attached hydrogens (tertiary/aromatic N) is 1. The van der Waals surface area contributed by atoms with E-state index in [0.717, 1.165) is 32.0 Å². The van der Waals surface area contributed by atoms with E-state index in [1.807, 2.05) is 0 Å². The van der Waals surface area contributed by atoms with Crippen molar-refractivity contribution in [3.63, 3.8) is 0 Å². The summed E-state index contributed by atoms with van der Waals surface area (Å²) in [5.41, 5.74) is 5.53. The van der Waals surface area contributed by atoms with Crippen LogP contribution in [0.2, 0.25) is 0 Å². The molecule has 0 spiro atoms. The molecule has 0 aromatic rings. The van der Waals surface area contributed by atoms with Crippen molar-refractivity contribution < 1.29 is 4.79 Å². The van der Waals surface area contributed by atoms with Gasteiger partial charge in [0, 0.05) is 25.7 Å². The van der Waals surface area contributed by atoms with Gasteiger partial charge in [-0.25, -0.2) is 0 Å². The highest BCUT2D eigenvalue weighted by atomic mass is 16.2. The van der Waals surface area contributed by atoms with Crippen LogP contribution in [-0.2, 0) is 4.79 Å². The fourth-order valence-corrected chi connectivity index (χ4v) is 3.78. The zero-order valence-electron chi connectivity index (χ0n) is 12.5. The molecule has 3 N–H and O–H groups in total. The van der Waals surface area contributed by atoms with Crippen LogP contribution >= 0.6 is 0 Å². The molecule has 0 aromatic carbocycles. The standard InChI is InChI=1S/C15H29N3O/c1-12-9-15(10-12,11-16)14(19)17-7-8-18(2)13-5-3-4-6-13/h12-13H,3-11,16H2,1-2H3,(H,17,19). The third kappa shape index (κ3) is 3.29. The molecule has 2 fully saturated rings. The van der Waals surface area contributed by atoms with Crippen LogP contribution in [-0.4, -0.2) is 43.5 Å². The maximum Gasteiger partial charge on any atom is 0.227 e. The second kappa shape index (κ2) is 6.23. The first-order valence-electron chi connectivity index (χ1n) is 7.76. The summed E-state index contributed by atoms with van der Waals surface area (Å²) in [4.78, 5) is 14.6. The Bertz CT molecular complexity index is 307. The molecule has 2 rings (SSSR count). The molecule has 110 valence electrons. The Hall–Kier alpha value is -0.610. The summed E-state index contributed by atoms with van der Waals surface area (Å²) < 4.78 is 0. The second-order valence-electron chi connectivity index (χ2n) is 6.67. The largest absolute Gasteiger partial charge is 0.354 e. The van der Waals surface area contributed by atoms with Crippen LogP contribution in [0.25, 0.3) is 0 Å². The molecule has 0 aliphatic heterocycles. The fourth-order valence-electron chi connectivity index (χ4n) is 3.78. The Balaban J connectivity index is 1.68. The molecular weight excluding hydrogens is 238 g/mol. The number of rotatable bonds is 6. The van der Waals surface area contributed by atoms with Gasteiger partial charge in [-0.05, 0) is 38.6 Å². The molecule has 4 heteroatoms. The average molecular weight is 267 g/mol. The van der Waals surface area contributed by atoms with Crippen LogP contribution < -0.4 is 11.1 Å². The molecule has 0 bridgehead atoms. The highest BCUT2D eigenvalue weighted by Crippen LogP contribution is 2.44. The van der Waals surface area contributed by atoms with Crippen LogP contribution in [0.5, 0.6) is 0 Å². The van der Waals surface area contributed by atoms with E-state index in [1.54, 1.807) is 0 Å². The molecule has 0 aromatic heterocycles. The molecule has 4 nitrogen and oxygen atoms in total. The predicted octanol–water partition coefficient (Wildman–Crippen LogP) is 1.35. The van der Waals surface area contributed by atoms with Gasteiger partial charge in [-0.15, -0.1) is 0 Å². The van der Waals surface area contributed by atoms with Gasteiger partial charge >= 0.3 is 0 Å². The van der Waals surface area contributed by atoms with E-state index in [9.17, 15) is 4.79 Å². The lowest BCUT2D eigenvalue weighted by molar-refractivity contribution is -0.138. The number of likely N-dealkylation sites (N-methyl/N-ethyl adjacent to an activating group) is 1. The number of hydrogen-bond donors (Lipinski definition) is 2. The quantitative estimate of drug-likeness (QED) is 0.764. The third-order valence-corrected chi connectivity index (χ3v) is 5.05. The zero-order chi connectivity index (χ0) is 13.9. The Labute approximate surface area is 117 Å². The summed E-state index contributed by atoms with van der Waals surface area (Å²) >= 11 is 0. The topological polar surface area (TPSA) is 58.4 Å². The summed E-state index contributed by atoms with van der Waals surface area (Å²) in [6, 6.07) is 0.726. The SMILES string of the molecule is CC1CC(CN)(C(=O)NCCN(C)C2CCCC2)C1. The Morgan fingerprint density at radius 2 is 2.00 bits per heavy atom. The molecule has 1 amide bonds. The predicted molar refractivity (Wildman–Crippen MR) is 77.8 cm³/mol. The molecule has 2 aliphatic carbocycles. The normalized spacial score (nSPS) is 31.5. The van der Waals surface area contributed by atoms with E-state index < -0.39 is 0 Å². The lowest BCUT2D eigenvalue weighted by Crippen LogP contribution is -2.54. The molecule has 0 heterocycles. The van der Waals surface area contributed by atoms with Crippen molar-refractivity contribution in [2.24, 2.45) is 17.1 Å². The summed E-state index contributed by atoms with van der Waals surface area (Å²) in [7, 11) is 2.17. The molecule has 2 saturated carbocycles. The summed E-state index contributed by atoms with van der Waals surface area (Å²) in [6.45, 7) is 4.38. The Morgan fingerprint density at radius 1 is 1.37 bits per heavy atom. The molecule has 19 heavy (non-hydrogen) atoms. The van der Waals surface area contributed by atoms with Crippen LogP contribution in [0.1, 0.15) is 45.4 Å². The molecule has 0 atom stereocenters. The van der Waals surface area contributed by atoms with Gasteiger partial charge in [0.05, 0.1) is 5.41 Å². The molecule has 0 unspecified atom stereocenters. The summed E-state index contributed by atoms with van der Waals surface area (Å²) in [5, 5.41) is 3.09. The van der Waals surface area contributed by atoms with Crippen LogP contribution in [0.4, 0.5) is 0 Å². The number of hydrogen-bond acceptors (Lipinski definition) is 3. The number of nitrogens with two attached hydrogens (primary N) is 1. The van der Waals surface area contributed by atoms with Gasteiger partial charge in [-0.3, -0.25) is 4.79 Å². The van der Waals surface area contributed by atoms with Crippen molar-refractivity contribution in [2.45, 2.75) is 51.5 Å². The van der Waals surface area contributed by atoms with Crippen molar-refractivity contribution in [3.05, 3.63) is 0 Å². The van der Waals surface area contributed by atoms with Gasteiger partial charge < -0.3 is 16.0 Å². The van der Waals surface area contributed by atoms with Gasteiger partial charge in [-0.1, -0.05) is 19.8 Å². The minimum Gasteiger partial charge on any atom is -0.354 e. The van der Waals surface area contributed by atoms with Crippen molar-refractivity contribution in [1.82, 2.24) is 10.2 Å². The third-order valence-electron chi connectivity index (χ3n) is 5.05. The minimum atomic E-state index is -0.259. The van der Waals surface area contributed by atoms with Crippen LogP contribution in [0.15, 0.2) is 0 Å². The Morgan fingerprint density at radius 3 is 2.53 bits per heavy atom. The molecular formula is C15H29N3O. The number of carbonyl (C=O) groups is 1. The van der Waals surface area contributed by atoms with E-state index >= 15 is 0 Å². The first kappa shape index (κ1) is 14.8. The maximum atomic E-state index is 12.2. The van der Waals surface area contributed by atoms with Crippen molar-refractivity contribution in [2.75, 3.05) is 26.7 Å². The molecule has 0 saturated heterocycles. The first-order valence-corrected chi connectivity index (χ1v) is 7.76. The number of carbonyl (C=O) groups excluding carboxylic acids is 1. The second-order valence-corrected chi connectivity index (χ2v) is 6.67. The van der Waals surface area contributed by atoms with Crippen molar-refractivity contribution in [3.8, 4) is 0 Å². The van der Waals surface area contributed by atoms with Crippen LogP contribution in [0.3, 0.4) is 0 Å². The Kier molecular flexibility index (Phi) is 4.85. The monoisotopic (exact) mass is 267 g/mol. The smallest absolute Gasteiger partial charge is 0.227 e. The zero-order valence-corrected chi connectivity index (χ0v) is 12.5. The molecule has 0 radical (unpaired) electrons. The van der Waals surface area contributed by atoms with Gasteiger partial charge in [0.1, 0.15) is 0 Å². The van der Waals surface area contributed by atoms with Gasteiger partial charge in [0.2, 0.25) is 5.91 Å². The molecule has 2 aliphatic rings. The van der Waals surface area contributed by atoms with E-state index in [4.69, 9.17) is 5.73 Å².